The molecule has 0 bridgehead atoms. The number of nitrogens with zero attached hydrogens (tertiary/aromatic N) is 1. The molecule has 114 valence electrons. The lowest BCUT2D eigenvalue weighted by atomic mass is 9.87. The Morgan fingerprint density at radius 2 is 2.10 bits per heavy atom. The summed E-state index contributed by atoms with van der Waals surface area (Å²) in [6.45, 7) is 2.81. The van der Waals surface area contributed by atoms with Crippen LogP contribution >= 0.6 is 23.4 Å². The number of carboxylic acid groups (broad SMARTS) is 1. The average molecular weight is 328 g/mol. The second-order valence-electron chi connectivity index (χ2n) is 5.21. The molecule has 1 aliphatic rings. The Balaban J connectivity index is 1.70. The monoisotopic (exact) mass is 327 g/mol. The van der Waals surface area contributed by atoms with Gasteiger partial charge in [-0.1, -0.05) is 30.7 Å². The van der Waals surface area contributed by atoms with Crippen molar-refractivity contribution in [1.29, 1.82) is 0 Å². The van der Waals surface area contributed by atoms with Crippen molar-refractivity contribution in [1.82, 2.24) is 4.90 Å². The first kappa shape index (κ1) is 16.2. The van der Waals surface area contributed by atoms with Crippen molar-refractivity contribution >= 4 is 35.2 Å². The van der Waals surface area contributed by atoms with Crippen LogP contribution < -0.4 is 0 Å². The maximum Gasteiger partial charge on any atom is 0.306 e. The number of benzene rings is 1. The van der Waals surface area contributed by atoms with E-state index in [4.69, 9.17) is 16.7 Å². The molecule has 0 radical (unpaired) electrons. The maximum absolute atomic E-state index is 12.0. The molecule has 21 heavy (non-hydrogen) atoms. The van der Waals surface area contributed by atoms with Crippen molar-refractivity contribution in [2.45, 2.75) is 18.2 Å². The Kier molecular flexibility index (Phi) is 5.53. The van der Waals surface area contributed by atoms with E-state index >= 15 is 0 Å². The van der Waals surface area contributed by atoms with Gasteiger partial charge < -0.3 is 10.0 Å². The average Bonchev–Trinajstić information content (AvgIpc) is 2.39. The molecule has 1 amide bonds. The molecule has 1 aliphatic heterocycles. The van der Waals surface area contributed by atoms with E-state index in [0.717, 1.165) is 4.90 Å². The van der Waals surface area contributed by atoms with Crippen LogP contribution in [0.25, 0.3) is 0 Å². The number of likely N-dealkylation sites (tertiary alicyclic amines) is 1. The lowest BCUT2D eigenvalue weighted by Gasteiger charge is -2.41. The highest BCUT2D eigenvalue weighted by atomic mass is 35.5. The Hall–Kier alpha value is -1.20. The first-order valence-electron chi connectivity index (χ1n) is 6.87. The van der Waals surface area contributed by atoms with Gasteiger partial charge in [-0.3, -0.25) is 9.59 Å². The van der Waals surface area contributed by atoms with Crippen LogP contribution in [0.5, 0.6) is 0 Å². The summed E-state index contributed by atoms with van der Waals surface area (Å²) in [5.41, 5.74) is 0. The van der Waals surface area contributed by atoms with Crippen LogP contribution in [0.1, 0.15) is 13.3 Å². The number of carbonyl (C=O) groups excluding carboxylic acids is 1. The van der Waals surface area contributed by atoms with E-state index in [0.29, 0.717) is 30.3 Å². The number of halogens is 1. The molecule has 1 heterocycles. The van der Waals surface area contributed by atoms with Crippen molar-refractivity contribution in [2.75, 3.05) is 18.8 Å². The molecule has 1 aromatic rings. The molecule has 0 spiro atoms. The Bertz CT molecular complexity index is 531. The molecular formula is C15H18ClNO3S. The third-order valence-corrected chi connectivity index (χ3v) is 5.29. The minimum Gasteiger partial charge on any atom is -0.481 e. The number of carboxylic acids is 1. The molecule has 0 saturated carbocycles. The van der Waals surface area contributed by atoms with Gasteiger partial charge in [0.1, 0.15) is 0 Å². The van der Waals surface area contributed by atoms with Gasteiger partial charge in [0.15, 0.2) is 0 Å². The van der Waals surface area contributed by atoms with Gasteiger partial charge in [0, 0.05) is 36.1 Å². The van der Waals surface area contributed by atoms with E-state index < -0.39 is 5.97 Å². The summed E-state index contributed by atoms with van der Waals surface area (Å²) >= 11 is 7.62. The summed E-state index contributed by atoms with van der Waals surface area (Å²) in [5.74, 6) is -0.322. The molecule has 0 aliphatic carbocycles. The van der Waals surface area contributed by atoms with E-state index in [1.54, 1.807) is 23.6 Å². The zero-order valence-electron chi connectivity index (χ0n) is 11.8. The molecule has 6 heteroatoms. The SMILES string of the molecule is CC(C(=O)O)C1CN(C(=O)CCSc2ccccc2Cl)C1. The zero-order chi connectivity index (χ0) is 15.4. The van der Waals surface area contributed by atoms with E-state index in [-0.39, 0.29) is 17.7 Å². The summed E-state index contributed by atoms with van der Waals surface area (Å²) in [4.78, 5) is 25.5. The summed E-state index contributed by atoms with van der Waals surface area (Å²) < 4.78 is 0. The molecule has 1 fully saturated rings. The summed E-state index contributed by atoms with van der Waals surface area (Å²) in [6, 6.07) is 7.56. The Morgan fingerprint density at radius 3 is 2.71 bits per heavy atom. The second kappa shape index (κ2) is 7.18. The fraction of sp³-hybridized carbons (Fsp3) is 0.467. The minimum atomic E-state index is -0.790. The summed E-state index contributed by atoms with van der Waals surface area (Å²) in [7, 11) is 0. The summed E-state index contributed by atoms with van der Waals surface area (Å²) in [6.07, 6.45) is 0.448. The van der Waals surface area contributed by atoms with Crippen LogP contribution in [0.3, 0.4) is 0 Å². The molecular weight excluding hydrogens is 310 g/mol. The van der Waals surface area contributed by atoms with Crippen LogP contribution in [-0.4, -0.2) is 40.7 Å². The first-order valence-corrected chi connectivity index (χ1v) is 8.23. The third kappa shape index (κ3) is 4.14. The summed E-state index contributed by atoms with van der Waals surface area (Å²) in [5, 5.41) is 9.62. The molecule has 1 unspecified atom stereocenters. The number of hydrogen-bond donors (Lipinski definition) is 1. The number of amides is 1. The lowest BCUT2D eigenvalue weighted by Crippen LogP contribution is -2.53. The van der Waals surface area contributed by atoms with Gasteiger partial charge in [-0.15, -0.1) is 11.8 Å². The van der Waals surface area contributed by atoms with Crippen molar-refractivity contribution in [2.24, 2.45) is 11.8 Å². The Labute approximate surface area is 133 Å². The fourth-order valence-electron chi connectivity index (χ4n) is 2.20. The molecule has 1 saturated heterocycles. The normalized spacial score (nSPS) is 16.4. The second-order valence-corrected chi connectivity index (χ2v) is 6.76. The third-order valence-electron chi connectivity index (χ3n) is 3.77. The van der Waals surface area contributed by atoms with Crippen molar-refractivity contribution in [3.05, 3.63) is 29.3 Å². The lowest BCUT2D eigenvalue weighted by molar-refractivity contribution is -0.150. The predicted molar refractivity (Wildman–Crippen MR) is 83.7 cm³/mol. The minimum absolute atomic E-state index is 0.0858. The van der Waals surface area contributed by atoms with E-state index in [1.165, 1.54) is 0 Å². The molecule has 2 rings (SSSR count). The standard InChI is InChI=1S/C15H18ClNO3S/c1-10(15(19)20)11-8-17(9-11)14(18)6-7-21-13-5-3-2-4-12(13)16/h2-5,10-11H,6-9H2,1H3,(H,19,20). The van der Waals surface area contributed by atoms with Crippen LogP contribution in [0.4, 0.5) is 0 Å². The van der Waals surface area contributed by atoms with Gasteiger partial charge in [0.05, 0.1) is 10.9 Å². The topological polar surface area (TPSA) is 57.6 Å². The number of carbonyl (C=O) groups is 2. The number of hydrogen-bond acceptors (Lipinski definition) is 3. The van der Waals surface area contributed by atoms with Gasteiger partial charge in [-0.05, 0) is 12.1 Å². The van der Waals surface area contributed by atoms with Gasteiger partial charge in [-0.2, -0.15) is 0 Å². The molecule has 0 aromatic heterocycles. The number of aliphatic carboxylic acids is 1. The van der Waals surface area contributed by atoms with Crippen LogP contribution in [0, 0.1) is 11.8 Å². The largest absolute Gasteiger partial charge is 0.481 e. The van der Waals surface area contributed by atoms with Crippen LogP contribution in [-0.2, 0) is 9.59 Å². The van der Waals surface area contributed by atoms with E-state index in [1.807, 2.05) is 24.3 Å². The molecule has 4 nitrogen and oxygen atoms in total. The van der Waals surface area contributed by atoms with Crippen molar-refractivity contribution < 1.29 is 14.7 Å². The highest BCUT2D eigenvalue weighted by Gasteiger charge is 2.36. The van der Waals surface area contributed by atoms with Gasteiger partial charge in [0.25, 0.3) is 0 Å². The highest BCUT2D eigenvalue weighted by molar-refractivity contribution is 7.99. The quantitative estimate of drug-likeness (QED) is 0.816. The van der Waals surface area contributed by atoms with E-state index in [9.17, 15) is 9.59 Å². The first-order chi connectivity index (χ1) is 9.99. The maximum atomic E-state index is 12.0. The van der Waals surface area contributed by atoms with Crippen molar-refractivity contribution in [3.63, 3.8) is 0 Å². The smallest absolute Gasteiger partial charge is 0.306 e. The molecule has 1 atom stereocenters. The molecule has 1 N–H and O–H groups in total. The predicted octanol–water partition coefficient (Wildman–Crippen LogP) is 3.00. The zero-order valence-corrected chi connectivity index (χ0v) is 13.4. The van der Waals surface area contributed by atoms with Crippen LogP contribution in [0.2, 0.25) is 5.02 Å². The van der Waals surface area contributed by atoms with Gasteiger partial charge in [-0.25, -0.2) is 0 Å². The highest BCUT2D eigenvalue weighted by Crippen LogP contribution is 2.28. The van der Waals surface area contributed by atoms with Crippen LogP contribution in [0.15, 0.2) is 29.2 Å². The van der Waals surface area contributed by atoms with Gasteiger partial charge in [0.2, 0.25) is 5.91 Å². The van der Waals surface area contributed by atoms with Gasteiger partial charge >= 0.3 is 5.97 Å². The number of rotatable bonds is 6. The number of thioether (sulfide) groups is 1. The molecule has 1 aromatic carbocycles. The Morgan fingerprint density at radius 1 is 1.43 bits per heavy atom. The van der Waals surface area contributed by atoms with Crippen molar-refractivity contribution in [3.8, 4) is 0 Å². The van der Waals surface area contributed by atoms with E-state index in [2.05, 4.69) is 0 Å². The fourth-order valence-corrected chi connectivity index (χ4v) is 3.38.